The van der Waals surface area contributed by atoms with Crippen molar-refractivity contribution in [2.45, 2.75) is 77.3 Å². The van der Waals surface area contributed by atoms with Gasteiger partial charge in [-0.2, -0.15) is 0 Å². The number of rotatable bonds is 6. The van der Waals surface area contributed by atoms with E-state index in [4.69, 9.17) is 4.74 Å². The SMILES string of the molecule is CC1CCCCC1NCC1(CNC2CCCCC2C)COC1. The molecule has 1 aliphatic heterocycles. The second-order valence-electron chi connectivity index (χ2n) is 8.49. The van der Waals surface area contributed by atoms with E-state index in [0.717, 1.165) is 50.2 Å². The van der Waals surface area contributed by atoms with Gasteiger partial charge in [-0.1, -0.05) is 39.5 Å². The first-order valence-corrected chi connectivity index (χ1v) is 9.73. The van der Waals surface area contributed by atoms with Gasteiger partial charge in [-0.3, -0.25) is 0 Å². The van der Waals surface area contributed by atoms with Crippen LogP contribution in [0.25, 0.3) is 0 Å². The van der Waals surface area contributed by atoms with Crippen LogP contribution in [0.5, 0.6) is 0 Å². The van der Waals surface area contributed by atoms with Crippen LogP contribution >= 0.6 is 0 Å². The first-order valence-electron chi connectivity index (χ1n) is 9.73. The molecule has 4 unspecified atom stereocenters. The number of hydrogen-bond acceptors (Lipinski definition) is 3. The van der Waals surface area contributed by atoms with Crippen LogP contribution in [0.2, 0.25) is 0 Å². The Hall–Kier alpha value is -0.120. The van der Waals surface area contributed by atoms with E-state index in [1.807, 2.05) is 0 Å². The third-order valence-corrected chi connectivity index (χ3v) is 6.52. The van der Waals surface area contributed by atoms with Crippen molar-refractivity contribution in [3.63, 3.8) is 0 Å². The monoisotopic (exact) mass is 308 g/mol. The molecule has 0 aromatic rings. The minimum atomic E-state index is 0.355. The van der Waals surface area contributed by atoms with E-state index >= 15 is 0 Å². The highest BCUT2D eigenvalue weighted by Gasteiger charge is 2.40. The highest BCUT2D eigenvalue weighted by molar-refractivity contribution is 4.93. The summed E-state index contributed by atoms with van der Waals surface area (Å²) in [6, 6.07) is 1.47. The Morgan fingerprint density at radius 3 is 1.59 bits per heavy atom. The van der Waals surface area contributed by atoms with Crippen molar-refractivity contribution >= 4 is 0 Å². The predicted molar refractivity (Wildman–Crippen MR) is 92.1 cm³/mol. The molecule has 1 heterocycles. The number of nitrogens with one attached hydrogen (secondary N) is 2. The quantitative estimate of drug-likeness (QED) is 0.789. The van der Waals surface area contributed by atoms with Crippen molar-refractivity contribution in [1.29, 1.82) is 0 Å². The lowest BCUT2D eigenvalue weighted by molar-refractivity contribution is -0.112. The van der Waals surface area contributed by atoms with Gasteiger partial charge in [0, 0.05) is 30.6 Å². The van der Waals surface area contributed by atoms with Crippen molar-refractivity contribution in [2.75, 3.05) is 26.3 Å². The second kappa shape index (κ2) is 7.63. The lowest BCUT2D eigenvalue weighted by atomic mass is 9.81. The summed E-state index contributed by atoms with van der Waals surface area (Å²) in [5.41, 5.74) is 0.355. The normalized spacial score (nSPS) is 38.5. The van der Waals surface area contributed by atoms with Crippen LogP contribution in [0.15, 0.2) is 0 Å². The second-order valence-corrected chi connectivity index (χ2v) is 8.49. The maximum Gasteiger partial charge on any atom is 0.0569 e. The van der Waals surface area contributed by atoms with Gasteiger partial charge in [0.25, 0.3) is 0 Å². The van der Waals surface area contributed by atoms with Crippen LogP contribution in [-0.2, 0) is 4.74 Å². The third kappa shape index (κ3) is 4.04. The highest BCUT2D eigenvalue weighted by atomic mass is 16.5. The summed E-state index contributed by atoms with van der Waals surface area (Å²) in [7, 11) is 0. The molecule has 22 heavy (non-hydrogen) atoms. The molecule has 0 amide bonds. The molecule has 0 bridgehead atoms. The molecule has 3 fully saturated rings. The van der Waals surface area contributed by atoms with Crippen molar-refractivity contribution in [2.24, 2.45) is 17.3 Å². The van der Waals surface area contributed by atoms with E-state index in [1.165, 1.54) is 51.4 Å². The molecule has 2 N–H and O–H groups in total. The smallest absolute Gasteiger partial charge is 0.0569 e. The molecule has 3 aliphatic rings. The van der Waals surface area contributed by atoms with Crippen LogP contribution in [0.1, 0.15) is 65.2 Å². The Morgan fingerprint density at radius 1 is 0.773 bits per heavy atom. The summed E-state index contributed by atoms with van der Waals surface area (Å²) >= 11 is 0. The molecule has 2 saturated carbocycles. The molecule has 1 saturated heterocycles. The molecule has 0 aromatic heterocycles. The fraction of sp³-hybridized carbons (Fsp3) is 1.00. The molecule has 4 atom stereocenters. The van der Waals surface area contributed by atoms with E-state index < -0.39 is 0 Å². The fourth-order valence-electron chi connectivity index (χ4n) is 4.59. The molecule has 3 rings (SSSR count). The minimum absolute atomic E-state index is 0.355. The third-order valence-electron chi connectivity index (χ3n) is 6.52. The van der Waals surface area contributed by atoms with Gasteiger partial charge >= 0.3 is 0 Å². The zero-order valence-corrected chi connectivity index (χ0v) is 14.7. The van der Waals surface area contributed by atoms with Gasteiger partial charge in [-0.15, -0.1) is 0 Å². The molecular weight excluding hydrogens is 272 g/mol. The summed E-state index contributed by atoms with van der Waals surface area (Å²) in [4.78, 5) is 0. The molecule has 128 valence electrons. The summed E-state index contributed by atoms with van der Waals surface area (Å²) in [5.74, 6) is 1.69. The molecule has 0 aromatic carbocycles. The average Bonchev–Trinajstić information content (AvgIpc) is 2.49. The van der Waals surface area contributed by atoms with Crippen molar-refractivity contribution in [1.82, 2.24) is 10.6 Å². The Kier molecular flexibility index (Phi) is 5.80. The highest BCUT2D eigenvalue weighted by Crippen LogP contribution is 2.30. The summed E-state index contributed by atoms with van der Waals surface area (Å²) in [6.45, 7) is 8.99. The van der Waals surface area contributed by atoms with Gasteiger partial charge in [0.2, 0.25) is 0 Å². The zero-order chi connectivity index (χ0) is 15.4. The first-order chi connectivity index (χ1) is 10.7. The van der Waals surface area contributed by atoms with E-state index in [2.05, 4.69) is 24.5 Å². The van der Waals surface area contributed by atoms with Crippen LogP contribution in [-0.4, -0.2) is 38.4 Å². The van der Waals surface area contributed by atoms with Crippen LogP contribution in [0.4, 0.5) is 0 Å². The molecule has 2 aliphatic carbocycles. The average molecular weight is 309 g/mol. The van der Waals surface area contributed by atoms with Gasteiger partial charge in [0.15, 0.2) is 0 Å². The Balaban J connectivity index is 1.45. The molecule has 3 heteroatoms. The van der Waals surface area contributed by atoms with E-state index in [0.29, 0.717) is 5.41 Å². The largest absolute Gasteiger partial charge is 0.380 e. The summed E-state index contributed by atoms with van der Waals surface area (Å²) in [5, 5.41) is 7.79. The zero-order valence-electron chi connectivity index (χ0n) is 14.7. The number of hydrogen-bond donors (Lipinski definition) is 2. The van der Waals surface area contributed by atoms with Crippen LogP contribution in [0.3, 0.4) is 0 Å². The van der Waals surface area contributed by atoms with E-state index in [-0.39, 0.29) is 0 Å². The molecular formula is C19H36N2O. The van der Waals surface area contributed by atoms with Gasteiger partial charge in [0.1, 0.15) is 0 Å². The van der Waals surface area contributed by atoms with Crippen molar-refractivity contribution < 1.29 is 4.74 Å². The maximum atomic E-state index is 5.59. The van der Waals surface area contributed by atoms with Gasteiger partial charge in [-0.25, -0.2) is 0 Å². The summed E-state index contributed by atoms with van der Waals surface area (Å²) < 4.78 is 5.59. The Morgan fingerprint density at radius 2 is 1.23 bits per heavy atom. The standard InChI is InChI=1S/C19H36N2O/c1-15-7-3-5-9-17(15)20-11-19(13-22-14-19)12-21-18-10-6-4-8-16(18)2/h15-18,20-21H,3-14H2,1-2H3. The maximum absolute atomic E-state index is 5.59. The predicted octanol–water partition coefficient (Wildman–Crippen LogP) is 3.34. The lowest BCUT2D eigenvalue weighted by Crippen LogP contribution is -2.59. The molecule has 0 spiro atoms. The Labute approximate surface area is 137 Å². The van der Waals surface area contributed by atoms with Crippen molar-refractivity contribution in [3.05, 3.63) is 0 Å². The topological polar surface area (TPSA) is 33.3 Å². The minimum Gasteiger partial charge on any atom is -0.380 e. The van der Waals surface area contributed by atoms with Gasteiger partial charge in [-0.05, 0) is 37.5 Å². The molecule has 3 nitrogen and oxygen atoms in total. The van der Waals surface area contributed by atoms with E-state index in [9.17, 15) is 0 Å². The van der Waals surface area contributed by atoms with E-state index in [1.54, 1.807) is 0 Å². The van der Waals surface area contributed by atoms with Gasteiger partial charge < -0.3 is 15.4 Å². The molecule has 0 radical (unpaired) electrons. The number of ether oxygens (including phenoxy) is 1. The lowest BCUT2D eigenvalue weighted by Gasteiger charge is -2.45. The fourth-order valence-corrected chi connectivity index (χ4v) is 4.59. The van der Waals surface area contributed by atoms with Crippen molar-refractivity contribution in [3.8, 4) is 0 Å². The summed E-state index contributed by atoms with van der Waals surface area (Å²) in [6.07, 6.45) is 11.2. The Bertz CT molecular complexity index is 314. The first kappa shape index (κ1) is 16.7. The van der Waals surface area contributed by atoms with Gasteiger partial charge in [0.05, 0.1) is 13.2 Å². The van der Waals surface area contributed by atoms with Crippen LogP contribution in [0, 0.1) is 17.3 Å². The van der Waals surface area contributed by atoms with Crippen LogP contribution < -0.4 is 10.6 Å².